The van der Waals surface area contributed by atoms with Crippen molar-refractivity contribution < 1.29 is 24.2 Å². The molecule has 0 rings (SSSR count). The maximum atomic E-state index is 10.5. The van der Waals surface area contributed by atoms with Crippen molar-refractivity contribution in [3.05, 3.63) is 69.9 Å². The highest BCUT2D eigenvalue weighted by atomic mass is 16.5. The molecule has 5 nitrogen and oxygen atoms in total. The third kappa shape index (κ3) is 42.7. The first-order chi connectivity index (χ1) is 18.2. The van der Waals surface area contributed by atoms with Gasteiger partial charge >= 0.3 is 11.9 Å². The van der Waals surface area contributed by atoms with E-state index in [1.165, 1.54) is 47.3 Å². The van der Waals surface area contributed by atoms with Gasteiger partial charge in [-0.2, -0.15) is 0 Å². The van der Waals surface area contributed by atoms with E-state index in [0.717, 1.165) is 38.5 Å². The van der Waals surface area contributed by atoms with Crippen LogP contribution in [-0.4, -0.2) is 36.9 Å². The fourth-order valence-electron chi connectivity index (χ4n) is 2.83. The molecule has 0 aromatic heterocycles. The molecule has 0 unspecified atom stereocenters. The largest absolute Gasteiger partial charge is 0.462 e. The normalized spacial score (nSPS) is 11.1. The molecule has 0 aromatic rings. The molecule has 1 N–H and O–H groups in total. The molecule has 0 aromatic carbocycles. The predicted octanol–water partition coefficient (Wildman–Crippen LogP) is 9.16. The number of allylic oxidation sites excluding steroid dienone is 9. The van der Waals surface area contributed by atoms with Crippen LogP contribution in [0.15, 0.2) is 69.9 Å². The molecule has 0 atom stereocenters. The highest BCUT2D eigenvalue weighted by Gasteiger charge is 1.92. The van der Waals surface area contributed by atoms with Crippen molar-refractivity contribution in [2.24, 2.45) is 0 Å². The maximum Gasteiger partial charge on any atom is 0.302 e. The standard InChI is InChI=1S/2C12H20O2.C10H18O/c2*1-10(2)6-5-7-11(3)8-9-14-12(4)13;1-9(2)5-4-6-10(3)7-8-11/h2*6,8H,5,7,9H2,1-4H3;5,7,11H,4,6,8H2,1-3H3/b2*11-8+;10-7+. The first-order valence-corrected chi connectivity index (χ1v) is 14.0. The second kappa shape index (κ2) is 28.4. The van der Waals surface area contributed by atoms with Gasteiger partial charge in [0.05, 0.1) is 6.61 Å². The summed E-state index contributed by atoms with van der Waals surface area (Å²) in [4.78, 5) is 20.9. The van der Waals surface area contributed by atoms with Crippen molar-refractivity contribution in [1.82, 2.24) is 0 Å². The molecule has 5 heteroatoms. The molecule has 224 valence electrons. The summed E-state index contributed by atoms with van der Waals surface area (Å²) in [6.07, 6.45) is 18.8. The number of ether oxygens (including phenoxy) is 2. The van der Waals surface area contributed by atoms with E-state index in [1.807, 2.05) is 18.2 Å². The lowest BCUT2D eigenvalue weighted by atomic mass is 10.1. The first kappa shape index (κ1) is 40.8. The van der Waals surface area contributed by atoms with E-state index in [9.17, 15) is 9.59 Å². The maximum absolute atomic E-state index is 10.5. The molecule has 0 bridgehead atoms. The summed E-state index contributed by atoms with van der Waals surface area (Å²) >= 11 is 0. The number of hydrogen-bond donors (Lipinski definition) is 1. The van der Waals surface area contributed by atoms with Crippen LogP contribution >= 0.6 is 0 Å². The van der Waals surface area contributed by atoms with Gasteiger partial charge in [-0.05, 0) is 113 Å². The number of carbonyl (C=O) groups excluding carboxylic acids is 2. The molecule has 0 aliphatic carbocycles. The van der Waals surface area contributed by atoms with Crippen LogP contribution in [-0.2, 0) is 19.1 Å². The fourth-order valence-corrected chi connectivity index (χ4v) is 2.83. The SMILES string of the molecule is CC(=O)OC/C=C(\C)CCC=C(C)C.CC(=O)OC/C=C(\C)CCC=C(C)C.CC(C)=CCC/C(C)=C/CO. The molecule has 0 heterocycles. The van der Waals surface area contributed by atoms with E-state index in [0.29, 0.717) is 13.2 Å². The van der Waals surface area contributed by atoms with Crippen molar-refractivity contribution in [2.75, 3.05) is 19.8 Å². The summed E-state index contributed by atoms with van der Waals surface area (Å²) < 4.78 is 9.62. The van der Waals surface area contributed by atoms with Gasteiger partial charge in [-0.25, -0.2) is 0 Å². The van der Waals surface area contributed by atoms with Crippen molar-refractivity contribution >= 4 is 11.9 Å². The van der Waals surface area contributed by atoms with Gasteiger partial charge in [0.15, 0.2) is 0 Å². The Hall–Kier alpha value is -2.66. The van der Waals surface area contributed by atoms with Crippen LogP contribution in [0.25, 0.3) is 0 Å². The van der Waals surface area contributed by atoms with Gasteiger partial charge < -0.3 is 14.6 Å². The molecule has 0 aliphatic rings. The van der Waals surface area contributed by atoms with Crippen LogP contribution in [0.1, 0.15) is 115 Å². The average Bonchev–Trinajstić information content (AvgIpc) is 2.79. The van der Waals surface area contributed by atoms with Crippen LogP contribution in [0.2, 0.25) is 0 Å². The van der Waals surface area contributed by atoms with E-state index in [-0.39, 0.29) is 18.5 Å². The molecule has 0 saturated carbocycles. The second-order valence-corrected chi connectivity index (χ2v) is 10.4. The van der Waals surface area contributed by atoms with Crippen LogP contribution in [0.3, 0.4) is 0 Å². The highest BCUT2D eigenvalue weighted by Crippen LogP contribution is 2.07. The fraction of sp³-hybridized carbons (Fsp3) is 0.588. The lowest BCUT2D eigenvalue weighted by Crippen LogP contribution is -1.98. The average molecular weight is 547 g/mol. The molecule has 0 spiro atoms. The minimum absolute atomic E-state index is 0.167. The zero-order valence-electron chi connectivity index (χ0n) is 26.9. The quantitative estimate of drug-likeness (QED) is 0.174. The zero-order valence-corrected chi connectivity index (χ0v) is 26.9. The number of aliphatic hydroxyl groups excluding tert-OH is 1. The van der Waals surface area contributed by atoms with Gasteiger partial charge in [0.25, 0.3) is 0 Å². The Bertz CT molecular complexity index is 787. The number of aliphatic hydroxyl groups is 1. The summed E-state index contributed by atoms with van der Waals surface area (Å²) in [5.74, 6) is -0.448. The van der Waals surface area contributed by atoms with Crippen molar-refractivity contribution in [3.63, 3.8) is 0 Å². The summed E-state index contributed by atoms with van der Waals surface area (Å²) in [6, 6.07) is 0. The minimum Gasteiger partial charge on any atom is -0.462 e. The molecule has 0 fully saturated rings. The smallest absolute Gasteiger partial charge is 0.302 e. The Morgan fingerprint density at radius 1 is 0.487 bits per heavy atom. The van der Waals surface area contributed by atoms with Gasteiger partial charge in [-0.3, -0.25) is 9.59 Å². The van der Waals surface area contributed by atoms with Crippen LogP contribution < -0.4 is 0 Å². The van der Waals surface area contributed by atoms with Gasteiger partial charge in [-0.15, -0.1) is 0 Å². The van der Waals surface area contributed by atoms with E-state index in [2.05, 4.69) is 80.5 Å². The van der Waals surface area contributed by atoms with E-state index in [4.69, 9.17) is 14.6 Å². The zero-order chi connectivity index (χ0) is 30.6. The highest BCUT2D eigenvalue weighted by molar-refractivity contribution is 5.66. The van der Waals surface area contributed by atoms with E-state index >= 15 is 0 Å². The monoisotopic (exact) mass is 546 g/mol. The van der Waals surface area contributed by atoms with Gasteiger partial charge in [0, 0.05) is 13.8 Å². The number of hydrogen-bond acceptors (Lipinski definition) is 5. The topological polar surface area (TPSA) is 72.8 Å². The number of rotatable bonds is 14. The van der Waals surface area contributed by atoms with Crippen LogP contribution in [0, 0.1) is 0 Å². The lowest BCUT2D eigenvalue weighted by molar-refractivity contribution is -0.140. The third-order valence-corrected chi connectivity index (χ3v) is 5.15. The Kier molecular flexibility index (Phi) is 29.7. The molecule has 39 heavy (non-hydrogen) atoms. The minimum atomic E-state index is -0.224. The molecule has 0 saturated heterocycles. The van der Waals surface area contributed by atoms with E-state index in [1.54, 1.807) is 0 Å². The Labute approximate surface area is 240 Å². The second-order valence-electron chi connectivity index (χ2n) is 10.4. The Balaban J connectivity index is -0.000000503. The molecule has 0 amide bonds. The van der Waals surface area contributed by atoms with Crippen LogP contribution in [0.4, 0.5) is 0 Å². The molecule has 0 radical (unpaired) electrons. The van der Waals surface area contributed by atoms with Crippen LogP contribution in [0.5, 0.6) is 0 Å². The first-order valence-electron chi connectivity index (χ1n) is 14.0. The van der Waals surface area contributed by atoms with E-state index < -0.39 is 0 Å². The molecular weight excluding hydrogens is 488 g/mol. The molecular formula is C34H58O5. The third-order valence-electron chi connectivity index (χ3n) is 5.15. The molecule has 0 aliphatic heterocycles. The Morgan fingerprint density at radius 2 is 0.769 bits per heavy atom. The van der Waals surface area contributed by atoms with Crippen molar-refractivity contribution in [1.29, 1.82) is 0 Å². The van der Waals surface area contributed by atoms with Gasteiger partial charge in [0.2, 0.25) is 0 Å². The number of carbonyl (C=O) groups is 2. The van der Waals surface area contributed by atoms with Crippen molar-refractivity contribution in [3.8, 4) is 0 Å². The summed E-state index contributed by atoms with van der Waals surface area (Å²) in [5, 5.41) is 8.55. The number of esters is 2. The summed E-state index contributed by atoms with van der Waals surface area (Å²) in [5.41, 5.74) is 7.86. The van der Waals surface area contributed by atoms with Gasteiger partial charge in [0.1, 0.15) is 13.2 Å². The summed E-state index contributed by atoms with van der Waals surface area (Å²) in [6.45, 7) is 22.6. The van der Waals surface area contributed by atoms with Gasteiger partial charge in [-0.1, -0.05) is 57.7 Å². The van der Waals surface area contributed by atoms with Crippen molar-refractivity contribution in [2.45, 2.75) is 115 Å². The lowest BCUT2D eigenvalue weighted by Gasteiger charge is -2.00. The Morgan fingerprint density at radius 3 is 1.00 bits per heavy atom. The predicted molar refractivity (Wildman–Crippen MR) is 168 cm³/mol. The summed E-state index contributed by atoms with van der Waals surface area (Å²) in [7, 11) is 0.